The van der Waals surface area contributed by atoms with E-state index < -0.39 is 16.1 Å². The molecular formula is C28H39N3O4S. The number of rotatable bonds is 11. The summed E-state index contributed by atoms with van der Waals surface area (Å²) in [6.07, 6.45) is 7.05. The van der Waals surface area contributed by atoms with Crippen LogP contribution in [0.3, 0.4) is 0 Å². The van der Waals surface area contributed by atoms with Crippen molar-refractivity contribution in [3.05, 3.63) is 65.7 Å². The molecule has 1 fully saturated rings. The van der Waals surface area contributed by atoms with E-state index in [9.17, 15) is 18.0 Å². The van der Waals surface area contributed by atoms with Crippen LogP contribution in [0.25, 0.3) is 0 Å². The third kappa shape index (κ3) is 8.08. The van der Waals surface area contributed by atoms with Gasteiger partial charge in [0.1, 0.15) is 6.04 Å². The van der Waals surface area contributed by atoms with Gasteiger partial charge in [-0.25, -0.2) is 8.42 Å². The molecule has 1 N–H and O–H groups in total. The highest BCUT2D eigenvalue weighted by Gasteiger charge is 2.28. The minimum atomic E-state index is -3.49. The quantitative estimate of drug-likeness (QED) is 0.482. The number of anilines is 1. The van der Waals surface area contributed by atoms with Crippen LogP contribution in [0.2, 0.25) is 0 Å². The Balaban J connectivity index is 1.70. The molecule has 0 saturated heterocycles. The zero-order valence-corrected chi connectivity index (χ0v) is 22.5. The summed E-state index contributed by atoms with van der Waals surface area (Å²) in [6.45, 7) is 4.29. The minimum Gasteiger partial charge on any atom is -0.352 e. The number of hydrogen-bond acceptors (Lipinski definition) is 4. The van der Waals surface area contributed by atoms with Gasteiger partial charge in [-0.2, -0.15) is 0 Å². The molecule has 1 aliphatic rings. The highest BCUT2D eigenvalue weighted by Crippen LogP contribution is 2.20. The third-order valence-electron chi connectivity index (χ3n) is 6.75. The van der Waals surface area contributed by atoms with Crippen LogP contribution >= 0.6 is 0 Å². The van der Waals surface area contributed by atoms with Crippen LogP contribution in [0, 0.1) is 6.92 Å². The number of para-hydroxylation sites is 1. The Morgan fingerprint density at radius 3 is 2.36 bits per heavy atom. The van der Waals surface area contributed by atoms with Crippen LogP contribution in [0.15, 0.2) is 54.6 Å². The number of amides is 2. The van der Waals surface area contributed by atoms with Gasteiger partial charge in [-0.15, -0.1) is 0 Å². The summed E-state index contributed by atoms with van der Waals surface area (Å²) < 4.78 is 26.1. The standard InChI is InChI=1S/C28H39N3O4S/c1-22-12-10-13-24(20-22)21-30(23(2)28(33)29-25-14-6-4-7-15-25)27(32)18-11-19-31(36(3,34)35)26-16-8-5-9-17-26/h5,8-10,12-13,16-17,20,23,25H,4,6-7,11,14-15,18-19,21H2,1-3H3,(H,29,33). The number of carbonyl (C=O) groups excluding carboxylic acids is 2. The number of nitrogens with zero attached hydrogens (tertiary/aromatic N) is 2. The van der Waals surface area contributed by atoms with Crippen molar-refractivity contribution in [1.82, 2.24) is 10.2 Å². The van der Waals surface area contributed by atoms with Gasteiger partial charge in [0.15, 0.2) is 0 Å². The molecule has 1 unspecified atom stereocenters. The molecular weight excluding hydrogens is 474 g/mol. The lowest BCUT2D eigenvalue weighted by Gasteiger charge is -2.31. The van der Waals surface area contributed by atoms with Gasteiger partial charge in [-0.1, -0.05) is 67.3 Å². The Labute approximate surface area is 215 Å². The molecule has 2 aromatic carbocycles. The highest BCUT2D eigenvalue weighted by atomic mass is 32.2. The van der Waals surface area contributed by atoms with Gasteiger partial charge in [0, 0.05) is 25.6 Å². The maximum absolute atomic E-state index is 13.4. The number of nitrogens with one attached hydrogen (secondary N) is 1. The summed E-state index contributed by atoms with van der Waals surface area (Å²) in [6, 6.07) is 16.4. The first-order valence-corrected chi connectivity index (χ1v) is 14.7. The molecule has 1 saturated carbocycles. The summed E-state index contributed by atoms with van der Waals surface area (Å²) in [5.41, 5.74) is 2.62. The van der Waals surface area contributed by atoms with Crippen LogP contribution in [-0.2, 0) is 26.2 Å². The third-order valence-corrected chi connectivity index (χ3v) is 7.94. The van der Waals surface area contributed by atoms with Gasteiger partial charge in [-0.3, -0.25) is 13.9 Å². The Morgan fingerprint density at radius 1 is 1.03 bits per heavy atom. The fraction of sp³-hybridized carbons (Fsp3) is 0.500. The van der Waals surface area contributed by atoms with Gasteiger partial charge in [-0.05, 0) is 50.8 Å². The van der Waals surface area contributed by atoms with Gasteiger partial charge >= 0.3 is 0 Å². The molecule has 2 aromatic rings. The summed E-state index contributed by atoms with van der Waals surface area (Å²) >= 11 is 0. The average molecular weight is 514 g/mol. The first-order valence-electron chi connectivity index (χ1n) is 12.8. The molecule has 0 aliphatic heterocycles. The van der Waals surface area contributed by atoms with Crippen molar-refractivity contribution in [2.24, 2.45) is 0 Å². The van der Waals surface area contributed by atoms with E-state index in [2.05, 4.69) is 5.32 Å². The van der Waals surface area contributed by atoms with Gasteiger partial charge in [0.25, 0.3) is 0 Å². The second kappa shape index (κ2) is 12.9. The van der Waals surface area contributed by atoms with E-state index in [1.165, 1.54) is 17.0 Å². The van der Waals surface area contributed by atoms with Crippen molar-refractivity contribution in [2.45, 2.75) is 77.4 Å². The van der Waals surface area contributed by atoms with Crippen LogP contribution in [-0.4, -0.2) is 50.0 Å². The normalized spacial score (nSPS) is 15.2. The van der Waals surface area contributed by atoms with Crippen LogP contribution in [0.5, 0.6) is 0 Å². The molecule has 8 heteroatoms. The van der Waals surface area contributed by atoms with Gasteiger partial charge in [0.2, 0.25) is 21.8 Å². The van der Waals surface area contributed by atoms with Crippen molar-refractivity contribution in [1.29, 1.82) is 0 Å². The van der Waals surface area contributed by atoms with Gasteiger partial charge in [0.05, 0.1) is 11.9 Å². The van der Waals surface area contributed by atoms with Gasteiger partial charge < -0.3 is 10.2 Å². The molecule has 0 heterocycles. The number of benzene rings is 2. The second-order valence-corrected chi connectivity index (χ2v) is 11.7. The Hall–Kier alpha value is -2.87. The number of carbonyl (C=O) groups is 2. The smallest absolute Gasteiger partial charge is 0.242 e. The molecule has 0 radical (unpaired) electrons. The predicted octanol–water partition coefficient (Wildman–Crippen LogP) is 4.41. The summed E-state index contributed by atoms with van der Waals surface area (Å²) in [5.74, 6) is -0.297. The predicted molar refractivity (Wildman–Crippen MR) is 144 cm³/mol. The fourth-order valence-corrected chi connectivity index (χ4v) is 5.72. The lowest BCUT2D eigenvalue weighted by atomic mass is 9.95. The fourth-order valence-electron chi connectivity index (χ4n) is 4.76. The van der Waals surface area contributed by atoms with Crippen LogP contribution in [0.1, 0.15) is 63.0 Å². The van der Waals surface area contributed by atoms with E-state index in [4.69, 9.17) is 0 Å². The summed E-state index contributed by atoms with van der Waals surface area (Å²) in [4.78, 5) is 28.2. The zero-order chi connectivity index (χ0) is 26.1. The topological polar surface area (TPSA) is 86.8 Å². The van der Waals surface area contributed by atoms with Crippen LogP contribution < -0.4 is 9.62 Å². The monoisotopic (exact) mass is 513 g/mol. The van der Waals surface area contributed by atoms with Crippen molar-refractivity contribution in [3.63, 3.8) is 0 Å². The largest absolute Gasteiger partial charge is 0.352 e. The minimum absolute atomic E-state index is 0.134. The van der Waals surface area contributed by atoms with E-state index in [1.807, 2.05) is 37.3 Å². The first-order chi connectivity index (χ1) is 17.1. The van der Waals surface area contributed by atoms with E-state index in [-0.39, 0.29) is 30.8 Å². The molecule has 7 nitrogen and oxygen atoms in total. The zero-order valence-electron chi connectivity index (χ0n) is 21.7. The molecule has 1 atom stereocenters. The summed E-state index contributed by atoms with van der Waals surface area (Å²) in [7, 11) is -3.49. The molecule has 0 aromatic heterocycles. The van der Waals surface area contributed by atoms with E-state index in [0.717, 1.165) is 36.8 Å². The Morgan fingerprint density at radius 2 is 1.72 bits per heavy atom. The molecule has 1 aliphatic carbocycles. The average Bonchev–Trinajstić information content (AvgIpc) is 2.85. The number of sulfonamides is 1. The molecule has 196 valence electrons. The Kier molecular flexibility index (Phi) is 9.93. The molecule has 0 spiro atoms. The highest BCUT2D eigenvalue weighted by molar-refractivity contribution is 7.92. The molecule has 3 rings (SSSR count). The first kappa shape index (κ1) is 27.7. The van der Waals surface area contributed by atoms with Crippen molar-refractivity contribution >= 4 is 27.5 Å². The molecule has 36 heavy (non-hydrogen) atoms. The molecule has 0 bridgehead atoms. The number of aryl methyl sites for hydroxylation is 1. The molecule has 2 amide bonds. The van der Waals surface area contributed by atoms with Crippen LogP contribution in [0.4, 0.5) is 5.69 Å². The van der Waals surface area contributed by atoms with Crippen molar-refractivity contribution in [3.8, 4) is 0 Å². The SMILES string of the molecule is Cc1cccc(CN(C(=O)CCCN(c2ccccc2)S(C)(=O)=O)C(C)C(=O)NC2CCCCC2)c1. The lowest BCUT2D eigenvalue weighted by Crippen LogP contribution is -2.50. The number of hydrogen-bond donors (Lipinski definition) is 1. The Bertz CT molecular complexity index is 1110. The summed E-state index contributed by atoms with van der Waals surface area (Å²) in [5, 5.41) is 3.15. The van der Waals surface area contributed by atoms with E-state index in [1.54, 1.807) is 36.1 Å². The lowest BCUT2D eigenvalue weighted by molar-refractivity contribution is -0.141. The van der Waals surface area contributed by atoms with Crippen molar-refractivity contribution < 1.29 is 18.0 Å². The second-order valence-electron chi connectivity index (χ2n) is 9.80. The van der Waals surface area contributed by atoms with E-state index in [0.29, 0.717) is 18.7 Å². The maximum atomic E-state index is 13.4. The van der Waals surface area contributed by atoms with Crippen molar-refractivity contribution in [2.75, 3.05) is 17.1 Å². The maximum Gasteiger partial charge on any atom is 0.242 e. The van der Waals surface area contributed by atoms with E-state index >= 15 is 0 Å².